The smallest absolute Gasteiger partial charge is 0.244 e. The molecule has 0 aromatic carbocycles. The second kappa shape index (κ2) is 5.99. The number of anilines is 2. The molecule has 1 aromatic heterocycles. The summed E-state index contributed by atoms with van der Waals surface area (Å²) in [4.78, 5) is 4.42. The Morgan fingerprint density at radius 2 is 2.21 bits per heavy atom. The van der Waals surface area contributed by atoms with Gasteiger partial charge < -0.3 is 10.6 Å². The van der Waals surface area contributed by atoms with Gasteiger partial charge in [-0.2, -0.15) is 10.1 Å². The van der Waals surface area contributed by atoms with Gasteiger partial charge in [-0.15, -0.1) is 5.10 Å². The van der Waals surface area contributed by atoms with Gasteiger partial charge in [-0.25, -0.2) is 0 Å². The zero-order chi connectivity index (χ0) is 12.9. The lowest BCUT2D eigenvalue weighted by atomic mass is 9.97. The normalized spacial score (nSPS) is 18.8. The number of allylic oxidation sites excluding steroid dienone is 1. The zero-order valence-electron chi connectivity index (χ0n) is 11.2. The Labute approximate surface area is 113 Å². The molecule has 2 aliphatic rings. The van der Waals surface area contributed by atoms with Gasteiger partial charge >= 0.3 is 0 Å². The summed E-state index contributed by atoms with van der Waals surface area (Å²) < 4.78 is 0. The lowest BCUT2D eigenvalue weighted by molar-refractivity contribution is 0.678. The molecule has 2 N–H and O–H groups in total. The summed E-state index contributed by atoms with van der Waals surface area (Å²) >= 11 is 0. The highest BCUT2D eigenvalue weighted by molar-refractivity contribution is 5.39. The van der Waals surface area contributed by atoms with E-state index in [1.807, 2.05) is 0 Å². The van der Waals surface area contributed by atoms with Crippen LogP contribution in [0.1, 0.15) is 44.9 Å². The van der Waals surface area contributed by atoms with Crippen LogP contribution in [0.3, 0.4) is 0 Å². The summed E-state index contributed by atoms with van der Waals surface area (Å²) in [5.41, 5.74) is 1.57. The van der Waals surface area contributed by atoms with Crippen LogP contribution in [0, 0.1) is 0 Å². The van der Waals surface area contributed by atoms with Crippen LogP contribution < -0.4 is 10.6 Å². The molecule has 1 aromatic rings. The third kappa shape index (κ3) is 3.91. The molecule has 19 heavy (non-hydrogen) atoms. The maximum atomic E-state index is 4.42. The third-order valence-electron chi connectivity index (χ3n) is 3.60. The van der Waals surface area contributed by atoms with Gasteiger partial charge in [0.25, 0.3) is 0 Å². The standard InChI is InChI=1S/C14H21N5/c1-2-4-11(5-3-1)8-9-15-14-18-13(10-16-19-14)17-12-6-7-12/h4,10,12H,1-3,5-9H2,(H2,15,17,18,19). The minimum Gasteiger partial charge on any atom is -0.366 e. The molecule has 1 saturated carbocycles. The Balaban J connectivity index is 1.47. The van der Waals surface area contributed by atoms with Crippen LogP contribution in [0.5, 0.6) is 0 Å². The van der Waals surface area contributed by atoms with Gasteiger partial charge in [0.15, 0.2) is 5.82 Å². The fourth-order valence-corrected chi connectivity index (χ4v) is 2.35. The molecule has 0 saturated heterocycles. The van der Waals surface area contributed by atoms with E-state index in [0.717, 1.165) is 18.8 Å². The molecule has 3 rings (SSSR count). The largest absolute Gasteiger partial charge is 0.366 e. The van der Waals surface area contributed by atoms with E-state index in [2.05, 4.69) is 31.9 Å². The molecule has 0 aliphatic heterocycles. The van der Waals surface area contributed by atoms with Crippen molar-refractivity contribution in [1.82, 2.24) is 15.2 Å². The van der Waals surface area contributed by atoms with Crippen LogP contribution in [0.15, 0.2) is 17.8 Å². The average molecular weight is 259 g/mol. The van der Waals surface area contributed by atoms with Crippen molar-refractivity contribution < 1.29 is 0 Å². The van der Waals surface area contributed by atoms with Crippen LogP contribution >= 0.6 is 0 Å². The van der Waals surface area contributed by atoms with Crippen LogP contribution in [-0.4, -0.2) is 27.8 Å². The van der Waals surface area contributed by atoms with E-state index in [-0.39, 0.29) is 0 Å². The molecular formula is C14H21N5. The maximum Gasteiger partial charge on any atom is 0.244 e. The summed E-state index contributed by atoms with van der Waals surface area (Å²) in [5, 5.41) is 14.6. The first-order valence-electron chi connectivity index (χ1n) is 7.28. The zero-order valence-corrected chi connectivity index (χ0v) is 11.2. The van der Waals surface area contributed by atoms with Crippen LogP contribution in [0.25, 0.3) is 0 Å². The number of aromatic nitrogens is 3. The quantitative estimate of drug-likeness (QED) is 0.769. The first-order chi connectivity index (χ1) is 9.40. The maximum absolute atomic E-state index is 4.42. The van der Waals surface area contributed by atoms with Crippen molar-refractivity contribution in [3.05, 3.63) is 17.8 Å². The predicted molar refractivity (Wildman–Crippen MR) is 76.1 cm³/mol. The molecule has 0 bridgehead atoms. The molecule has 5 nitrogen and oxygen atoms in total. The highest BCUT2D eigenvalue weighted by atomic mass is 15.3. The molecule has 0 amide bonds. The Morgan fingerprint density at radius 1 is 1.26 bits per heavy atom. The Kier molecular flexibility index (Phi) is 3.91. The minimum atomic E-state index is 0.594. The van der Waals surface area contributed by atoms with Gasteiger partial charge in [0.05, 0.1) is 6.20 Å². The fraction of sp³-hybridized carbons (Fsp3) is 0.643. The highest BCUT2D eigenvalue weighted by Gasteiger charge is 2.21. The van der Waals surface area contributed by atoms with Crippen molar-refractivity contribution in [3.63, 3.8) is 0 Å². The van der Waals surface area contributed by atoms with Crippen molar-refractivity contribution >= 4 is 11.8 Å². The first-order valence-corrected chi connectivity index (χ1v) is 7.28. The van der Waals surface area contributed by atoms with Crippen molar-refractivity contribution in [2.75, 3.05) is 17.2 Å². The topological polar surface area (TPSA) is 62.7 Å². The van der Waals surface area contributed by atoms with Gasteiger partial charge in [0, 0.05) is 12.6 Å². The van der Waals surface area contributed by atoms with Gasteiger partial charge in [-0.1, -0.05) is 11.6 Å². The van der Waals surface area contributed by atoms with Crippen LogP contribution in [0.4, 0.5) is 11.8 Å². The van der Waals surface area contributed by atoms with Crippen molar-refractivity contribution in [2.45, 2.75) is 51.0 Å². The van der Waals surface area contributed by atoms with Gasteiger partial charge in [-0.05, 0) is 44.9 Å². The first kappa shape index (κ1) is 12.4. The van der Waals surface area contributed by atoms with Crippen molar-refractivity contribution in [1.29, 1.82) is 0 Å². The van der Waals surface area contributed by atoms with E-state index in [1.54, 1.807) is 11.8 Å². The number of rotatable bonds is 6. The fourth-order valence-electron chi connectivity index (χ4n) is 2.35. The molecule has 0 unspecified atom stereocenters. The molecule has 102 valence electrons. The van der Waals surface area contributed by atoms with Crippen molar-refractivity contribution in [3.8, 4) is 0 Å². The van der Waals surface area contributed by atoms with E-state index in [1.165, 1.54) is 38.5 Å². The second-order valence-corrected chi connectivity index (χ2v) is 5.37. The second-order valence-electron chi connectivity index (χ2n) is 5.37. The summed E-state index contributed by atoms with van der Waals surface area (Å²) in [6, 6.07) is 0.594. The molecule has 0 atom stereocenters. The molecule has 1 heterocycles. The lowest BCUT2D eigenvalue weighted by Crippen LogP contribution is -2.10. The molecule has 2 aliphatic carbocycles. The highest BCUT2D eigenvalue weighted by Crippen LogP contribution is 2.23. The predicted octanol–water partition coefficient (Wildman–Crippen LogP) is 2.75. The average Bonchev–Trinajstić information content (AvgIpc) is 3.24. The third-order valence-corrected chi connectivity index (χ3v) is 3.60. The van der Waals surface area contributed by atoms with E-state index >= 15 is 0 Å². The van der Waals surface area contributed by atoms with Crippen LogP contribution in [-0.2, 0) is 0 Å². The molecule has 0 radical (unpaired) electrons. The van der Waals surface area contributed by atoms with Gasteiger partial charge in [-0.3, -0.25) is 0 Å². The summed E-state index contributed by atoms with van der Waals surface area (Å²) in [5.74, 6) is 1.46. The molecule has 5 heteroatoms. The summed E-state index contributed by atoms with van der Waals surface area (Å²) in [6.45, 7) is 0.889. The van der Waals surface area contributed by atoms with Crippen molar-refractivity contribution in [2.24, 2.45) is 0 Å². The monoisotopic (exact) mass is 259 g/mol. The van der Waals surface area contributed by atoms with E-state index in [0.29, 0.717) is 12.0 Å². The van der Waals surface area contributed by atoms with E-state index in [4.69, 9.17) is 0 Å². The van der Waals surface area contributed by atoms with Gasteiger partial charge in [0.1, 0.15) is 0 Å². The van der Waals surface area contributed by atoms with Gasteiger partial charge in [0.2, 0.25) is 5.95 Å². The van der Waals surface area contributed by atoms with E-state index < -0.39 is 0 Å². The molecular weight excluding hydrogens is 238 g/mol. The molecule has 0 spiro atoms. The SMILES string of the molecule is C1=C(CCNc2nncc(NC3CC3)n2)CCCC1. The summed E-state index contributed by atoms with van der Waals surface area (Å²) in [6.07, 6.45) is 12.8. The number of nitrogens with one attached hydrogen (secondary N) is 2. The Bertz CT molecular complexity index is 453. The number of hydrogen-bond acceptors (Lipinski definition) is 5. The summed E-state index contributed by atoms with van der Waals surface area (Å²) in [7, 11) is 0. The van der Waals surface area contributed by atoms with E-state index in [9.17, 15) is 0 Å². The Morgan fingerprint density at radius 3 is 3.00 bits per heavy atom. The minimum absolute atomic E-state index is 0.594. The Hall–Kier alpha value is -1.65. The number of hydrogen-bond donors (Lipinski definition) is 2. The van der Waals surface area contributed by atoms with Crippen LogP contribution in [0.2, 0.25) is 0 Å². The molecule has 1 fully saturated rings. The lowest BCUT2D eigenvalue weighted by Gasteiger charge is -2.12. The number of nitrogens with zero attached hydrogens (tertiary/aromatic N) is 3.